The van der Waals surface area contributed by atoms with Crippen LogP contribution in [0.2, 0.25) is 0 Å². The Morgan fingerprint density at radius 3 is 1.53 bits per heavy atom. The molecule has 0 aliphatic heterocycles. The van der Waals surface area contributed by atoms with Crippen LogP contribution >= 0.6 is 0 Å². The van der Waals surface area contributed by atoms with Gasteiger partial charge in [-0.15, -0.1) is 0 Å². The van der Waals surface area contributed by atoms with Crippen LogP contribution < -0.4 is 0 Å². The lowest BCUT2D eigenvalue weighted by molar-refractivity contribution is 0.668. The summed E-state index contributed by atoms with van der Waals surface area (Å²) in [5.74, 6) is 1.76. The Morgan fingerprint density at radius 1 is 0.281 bits per heavy atom. The van der Waals surface area contributed by atoms with Crippen LogP contribution in [0.15, 0.2) is 189 Å². The van der Waals surface area contributed by atoms with Crippen LogP contribution in [-0.2, 0) is 0 Å². The molecule has 0 radical (unpaired) electrons. The SMILES string of the molecule is c1ccc(-c2nc(-c3ccc(-c4ccc(-c5cccc6oc7ccccc7c56)c5c4oc4ccccc45)cc3)nc(-c3ccc4c(c3)oc3ccccc34)n2)cc1. The van der Waals surface area contributed by atoms with Gasteiger partial charge in [-0.05, 0) is 59.2 Å². The van der Waals surface area contributed by atoms with Crippen LogP contribution in [0.25, 0.3) is 122 Å². The topological polar surface area (TPSA) is 78.1 Å². The van der Waals surface area contributed by atoms with Crippen molar-refractivity contribution in [1.29, 1.82) is 0 Å². The highest BCUT2D eigenvalue weighted by molar-refractivity contribution is 6.21. The molecule has 0 aliphatic carbocycles. The summed E-state index contributed by atoms with van der Waals surface area (Å²) in [6.07, 6.45) is 0. The average molecular weight is 732 g/mol. The molecule has 0 atom stereocenters. The van der Waals surface area contributed by atoms with Crippen molar-refractivity contribution < 1.29 is 13.3 Å². The summed E-state index contributed by atoms with van der Waals surface area (Å²) >= 11 is 0. The van der Waals surface area contributed by atoms with Gasteiger partial charge in [0.25, 0.3) is 0 Å². The number of aromatic nitrogens is 3. The normalized spacial score (nSPS) is 11.9. The molecule has 4 aromatic heterocycles. The van der Waals surface area contributed by atoms with Gasteiger partial charge in [-0.25, -0.2) is 15.0 Å². The van der Waals surface area contributed by atoms with Crippen molar-refractivity contribution in [2.45, 2.75) is 0 Å². The molecule has 4 heterocycles. The van der Waals surface area contributed by atoms with E-state index >= 15 is 0 Å². The average Bonchev–Trinajstić information content (AvgIpc) is 3.98. The zero-order chi connectivity index (χ0) is 37.5. The van der Waals surface area contributed by atoms with Crippen LogP contribution in [0.3, 0.4) is 0 Å². The molecule has 8 aromatic carbocycles. The molecule has 0 spiro atoms. The third-order valence-electron chi connectivity index (χ3n) is 11.0. The van der Waals surface area contributed by atoms with E-state index in [2.05, 4.69) is 91.0 Å². The van der Waals surface area contributed by atoms with Gasteiger partial charge in [-0.3, -0.25) is 0 Å². The molecule has 57 heavy (non-hydrogen) atoms. The molecular weight excluding hydrogens is 703 g/mol. The van der Waals surface area contributed by atoms with Crippen molar-refractivity contribution in [2.24, 2.45) is 0 Å². The fourth-order valence-electron chi connectivity index (χ4n) is 8.29. The first-order chi connectivity index (χ1) is 28.2. The second-order valence-electron chi connectivity index (χ2n) is 14.3. The Labute approximate surface area is 325 Å². The predicted octanol–water partition coefficient (Wildman–Crippen LogP) is 13.9. The molecule has 12 rings (SSSR count). The number of hydrogen-bond donors (Lipinski definition) is 0. The van der Waals surface area contributed by atoms with Crippen molar-refractivity contribution in [3.63, 3.8) is 0 Å². The van der Waals surface area contributed by atoms with E-state index in [0.29, 0.717) is 17.5 Å². The van der Waals surface area contributed by atoms with E-state index in [4.69, 9.17) is 28.2 Å². The molecule has 0 aliphatic rings. The number of nitrogens with zero attached hydrogens (tertiary/aromatic N) is 3. The maximum atomic E-state index is 6.71. The van der Waals surface area contributed by atoms with Crippen LogP contribution in [-0.4, -0.2) is 15.0 Å². The smallest absolute Gasteiger partial charge is 0.164 e. The van der Waals surface area contributed by atoms with Crippen molar-refractivity contribution in [1.82, 2.24) is 15.0 Å². The van der Waals surface area contributed by atoms with Gasteiger partial charge in [0.2, 0.25) is 0 Å². The summed E-state index contributed by atoms with van der Waals surface area (Å²) in [4.78, 5) is 15.0. The van der Waals surface area contributed by atoms with Crippen molar-refractivity contribution in [3.05, 3.63) is 176 Å². The van der Waals surface area contributed by atoms with E-state index in [1.165, 1.54) is 0 Å². The molecule has 266 valence electrons. The summed E-state index contributed by atoms with van der Waals surface area (Å²) in [5.41, 5.74) is 11.9. The van der Waals surface area contributed by atoms with E-state index in [-0.39, 0.29) is 0 Å². The van der Waals surface area contributed by atoms with Gasteiger partial charge in [-0.2, -0.15) is 0 Å². The van der Waals surface area contributed by atoms with Gasteiger partial charge in [0, 0.05) is 54.6 Å². The molecule has 6 heteroatoms. The predicted molar refractivity (Wildman–Crippen MR) is 229 cm³/mol. The van der Waals surface area contributed by atoms with Crippen molar-refractivity contribution >= 4 is 65.8 Å². The lowest BCUT2D eigenvalue weighted by Gasteiger charge is -2.11. The zero-order valence-electron chi connectivity index (χ0n) is 30.3. The molecule has 0 saturated heterocycles. The minimum atomic E-state index is 0.574. The van der Waals surface area contributed by atoms with Gasteiger partial charge in [-0.1, -0.05) is 133 Å². The largest absolute Gasteiger partial charge is 0.456 e. The minimum absolute atomic E-state index is 0.574. The summed E-state index contributed by atoms with van der Waals surface area (Å²) in [7, 11) is 0. The van der Waals surface area contributed by atoms with Crippen LogP contribution in [0.1, 0.15) is 0 Å². The molecule has 0 bridgehead atoms. The summed E-state index contributed by atoms with van der Waals surface area (Å²) in [6, 6.07) is 59.8. The first-order valence-electron chi connectivity index (χ1n) is 18.9. The highest BCUT2D eigenvalue weighted by Gasteiger charge is 2.21. The molecule has 0 N–H and O–H groups in total. The Morgan fingerprint density at radius 2 is 0.772 bits per heavy atom. The number of para-hydroxylation sites is 3. The third kappa shape index (κ3) is 5.01. The van der Waals surface area contributed by atoms with E-state index < -0.39 is 0 Å². The number of hydrogen-bond acceptors (Lipinski definition) is 6. The molecular formula is C51H29N3O3. The third-order valence-corrected chi connectivity index (χ3v) is 11.0. The van der Waals surface area contributed by atoms with Gasteiger partial charge < -0.3 is 13.3 Å². The lowest BCUT2D eigenvalue weighted by atomic mass is 9.92. The zero-order valence-corrected chi connectivity index (χ0v) is 30.3. The summed E-state index contributed by atoms with van der Waals surface area (Å²) in [5, 5.41) is 6.47. The maximum Gasteiger partial charge on any atom is 0.164 e. The monoisotopic (exact) mass is 731 g/mol. The second-order valence-corrected chi connectivity index (χ2v) is 14.3. The fourth-order valence-corrected chi connectivity index (χ4v) is 8.29. The van der Waals surface area contributed by atoms with Crippen molar-refractivity contribution in [3.8, 4) is 56.4 Å². The number of fused-ring (bicyclic) bond motifs is 9. The Kier molecular flexibility index (Phi) is 6.83. The Balaban J connectivity index is 0.991. The van der Waals surface area contributed by atoms with Crippen LogP contribution in [0.5, 0.6) is 0 Å². The standard InChI is InChI=1S/C51H29N3O3/c1-2-11-31(12-3-1)49-52-50(54-51(53-49)33-25-26-36-35-13-4-7-17-41(35)56-45(36)29-33)32-23-21-30(22-24-32)34-27-28-38(47-40-15-6-9-19-43(40)57-48(34)47)37-16-10-20-44-46(37)39-14-5-8-18-42(39)55-44/h1-29H. The Bertz CT molecular complexity index is 3520. The maximum absolute atomic E-state index is 6.71. The molecule has 0 saturated carbocycles. The van der Waals surface area contributed by atoms with Gasteiger partial charge in [0.1, 0.15) is 33.5 Å². The lowest BCUT2D eigenvalue weighted by Crippen LogP contribution is -2.00. The van der Waals surface area contributed by atoms with Crippen LogP contribution in [0, 0.1) is 0 Å². The first-order valence-corrected chi connectivity index (χ1v) is 18.9. The molecule has 6 nitrogen and oxygen atoms in total. The quantitative estimate of drug-likeness (QED) is 0.175. The molecule has 0 amide bonds. The summed E-state index contributed by atoms with van der Waals surface area (Å²) in [6.45, 7) is 0. The van der Waals surface area contributed by atoms with Gasteiger partial charge in [0.05, 0.1) is 0 Å². The highest BCUT2D eigenvalue weighted by Crippen LogP contribution is 2.45. The van der Waals surface area contributed by atoms with Gasteiger partial charge >= 0.3 is 0 Å². The Hall–Kier alpha value is -7.83. The van der Waals surface area contributed by atoms with Crippen molar-refractivity contribution in [2.75, 3.05) is 0 Å². The first kappa shape index (κ1) is 31.5. The van der Waals surface area contributed by atoms with Gasteiger partial charge in [0.15, 0.2) is 17.5 Å². The second kappa shape index (κ2) is 12.3. The minimum Gasteiger partial charge on any atom is -0.456 e. The molecule has 0 fully saturated rings. The molecule has 12 aromatic rings. The fraction of sp³-hybridized carbons (Fsp3) is 0. The van der Waals surface area contributed by atoms with E-state index in [1.54, 1.807) is 0 Å². The van der Waals surface area contributed by atoms with E-state index in [0.717, 1.165) is 105 Å². The van der Waals surface area contributed by atoms with E-state index in [9.17, 15) is 0 Å². The van der Waals surface area contributed by atoms with Crippen LogP contribution in [0.4, 0.5) is 0 Å². The highest BCUT2D eigenvalue weighted by atomic mass is 16.3. The number of furan rings is 3. The van der Waals surface area contributed by atoms with E-state index in [1.807, 2.05) is 84.9 Å². The molecule has 0 unspecified atom stereocenters. The summed E-state index contributed by atoms with van der Waals surface area (Å²) < 4.78 is 19.2. The number of benzene rings is 8. The number of rotatable bonds is 5.